The second-order valence-electron chi connectivity index (χ2n) is 9.39. The third kappa shape index (κ3) is 4.53. The molecule has 3 aliphatic rings. The van der Waals surface area contributed by atoms with Crippen molar-refractivity contribution in [1.82, 2.24) is 14.7 Å². The van der Waals surface area contributed by atoms with Crippen molar-refractivity contribution in [2.24, 2.45) is 5.92 Å². The smallest absolute Gasteiger partial charge is 0.311 e. The Bertz CT molecular complexity index is 928. The number of esters is 1. The van der Waals surface area contributed by atoms with Crippen LogP contribution >= 0.6 is 0 Å². The first-order valence-corrected chi connectivity index (χ1v) is 11.9. The molecule has 3 amide bonds. The van der Waals surface area contributed by atoms with Crippen LogP contribution in [0.2, 0.25) is 0 Å². The van der Waals surface area contributed by atoms with E-state index in [4.69, 9.17) is 9.47 Å². The highest BCUT2D eigenvalue weighted by Crippen LogP contribution is 2.44. The highest BCUT2D eigenvalue weighted by molar-refractivity contribution is 5.89. The number of rotatable bonds is 7. The van der Waals surface area contributed by atoms with Gasteiger partial charge < -0.3 is 24.2 Å². The van der Waals surface area contributed by atoms with Crippen LogP contribution in [0, 0.1) is 5.92 Å². The second kappa shape index (κ2) is 10.1. The SMILES string of the molecule is COCCN1C(=O)CC(C(=O)OC)C12CCN(C(=O)CN1CC(c3ccccc3)CC1=O)CC2. The molecule has 9 heteroatoms. The van der Waals surface area contributed by atoms with E-state index in [-0.39, 0.29) is 42.6 Å². The Morgan fingerprint density at radius 2 is 1.74 bits per heavy atom. The predicted octanol–water partition coefficient (Wildman–Crippen LogP) is 1.03. The van der Waals surface area contributed by atoms with Gasteiger partial charge in [0.15, 0.2) is 0 Å². The topological polar surface area (TPSA) is 96.5 Å². The van der Waals surface area contributed by atoms with Crippen molar-refractivity contribution in [3.8, 4) is 0 Å². The Morgan fingerprint density at radius 1 is 1.03 bits per heavy atom. The molecule has 0 bridgehead atoms. The van der Waals surface area contributed by atoms with E-state index in [0.717, 1.165) is 5.56 Å². The summed E-state index contributed by atoms with van der Waals surface area (Å²) < 4.78 is 10.2. The van der Waals surface area contributed by atoms with Crippen molar-refractivity contribution in [1.29, 1.82) is 0 Å². The van der Waals surface area contributed by atoms with Gasteiger partial charge in [0.2, 0.25) is 17.7 Å². The fourth-order valence-corrected chi connectivity index (χ4v) is 5.78. The molecule has 34 heavy (non-hydrogen) atoms. The number of ether oxygens (including phenoxy) is 2. The van der Waals surface area contributed by atoms with Crippen molar-refractivity contribution >= 4 is 23.7 Å². The van der Waals surface area contributed by atoms with Crippen LogP contribution in [0.15, 0.2) is 30.3 Å². The number of hydrogen-bond donors (Lipinski definition) is 0. The van der Waals surface area contributed by atoms with E-state index in [1.165, 1.54) is 7.11 Å². The van der Waals surface area contributed by atoms with Gasteiger partial charge in [-0.2, -0.15) is 0 Å². The first-order chi connectivity index (χ1) is 16.4. The van der Waals surface area contributed by atoms with Gasteiger partial charge in [-0.15, -0.1) is 0 Å². The van der Waals surface area contributed by atoms with Gasteiger partial charge in [0.05, 0.1) is 31.7 Å². The lowest BCUT2D eigenvalue weighted by atomic mass is 9.76. The summed E-state index contributed by atoms with van der Waals surface area (Å²) in [7, 11) is 2.92. The van der Waals surface area contributed by atoms with E-state index in [1.807, 2.05) is 30.3 Å². The quantitative estimate of drug-likeness (QED) is 0.551. The van der Waals surface area contributed by atoms with Crippen LogP contribution in [0.3, 0.4) is 0 Å². The van der Waals surface area contributed by atoms with Gasteiger partial charge in [0, 0.05) is 52.0 Å². The summed E-state index contributed by atoms with van der Waals surface area (Å²) in [4.78, 5) is 56.1. The molecule has 2 unspecified atom stereocenters. The van der Waals surface area contributed by atoms with Crippen molar-refractivity contribution in [3.63, 3.8) is 0 Å². The molecule has 1 aromatic rings. The zero-order valence-corrected chi connectivity index (χ0v) is 19.9. The van der Waals surface area contributed by atoms with Crippen LogP contribution in [-0.4, -0.2) is 97.5 Å². The third-order valence-corrected chi connectivity index (χ3v) is 7.66. The average molecular weight is 472 g/mol. The van der Waals surface area contributed by atoms with Crippen LogP contribution in [0.25, 0.3) is 0 Å². The summed E-state index contributed by atoms with van der Waals surface area (Å²) in [5.41, 5.74) is 0.447. The molecule has 2 atom stereocenters. The van der Waals surface area contributed by atoms with E-state index in [1.54, 1.807) is 21.8 Å². The van der Waals surface area contributed by atoms with E-state index in [9.17, 15) is 19.2 Å². The van der Waals surface area contributed by atoms with Crippen molar-refractivity contribution < 1.29 is 28.7 Å². The Balaban J connectivity index is 1.40. The lowest BCUT2D eigenvalue weighted by Crippen LogP contribution is -2.59. The van der Waals surface area contributed by atoms with Crippen LogP contribution in [0.1, 0.15) is 37.2 Å². The molecule has 0 aliphatic carbocycles. The monoisotopic (exact) mass is 471 g/mol. The molecule has 184 valence electrons. The third-order valence-electron chi connectivity index (χ3n) is 7.66. The van der Waals surface area contributed by atoms with Crippen LogP contribution in [0.4, 0.5) is 0 Å². The Hall–Kier alpha value is -2.94. The van der Waals surface area contributed by atoms with Gasteiger partial charge >= 0.3 is 5.97 Å². The van der Waals surface area contributed by atoms with E-state index in [2.05, 4.69) is 0 Å². The molecule has 0 saturated carbocycles. The molecule has 3 aliphatic heterocycles. The summed E-state index contributed by atoms with van der Waals surface area (Å²) in [6, 6.07) is 9.90. The van der Waals surface area contributed by atoms with Gasteiger partial charge in [-0.25, -0.2) is 0 Å². The molecule has 1 aromatic carbocycles. The number of piperidine rings is 1. The number of likely N-dealkylation sites (tertiary alicyclic amines) is 3. The number of amides is 3. The van der Waals surface area contributed by atoms with Gasteiger partial charge in [-0.05, 0) is 18.4 Å². The normalized spacial score (nSPS) is 24.2. The summed E-state index contributed by atoms with van der Waals surface area (Å²) in [6.07, 6.45) is 1.52. The fourth-order valence-electron chi connectivity index (χ4n) is 5.78. The van der Waals surface area contributed by atoms with Crippen molar-refractivity contribution in [2.45, 2.75) is 37.1 Å². The molecular weight excluding hydrogens is 438 g/mol. The molecule has 9 nitrogen and oxygen atoms in total. The first-order valence-electron chi connectivity index (χ1n) is 11.9. The molecule has 1 spiro atoms. The van der Waals surface area contributed by atoms with Gasteiger partial charge in [-0.1, -0.05) is 30.3 Å². The highest BCUT2D eigenvalue weighted by atomic mass is 16.5. The zero-order chi connectivity index (χ0) is 24.3. The molecule has 3 fully saturated rings. The van der Waals surface area contributed by atoms with Gasteiger partial charge in [0.25, 0.3) is 0 Å². The largest absolute Gasteiger partial charge is 0.469 e. The molecule has 3 saturated heterocycles. The number of hydrogen-bond acceptors (Lipinski definition) is 6. The molecule has 4 rings (SSSR count). The maximum absolute atomic E-state index is 13.1. The summed E-state index contributed by atoms with van der Waals surface area (Å²) in [5, 5.41) is 0. The Labute approximate surface area is 200 Å². The van der Waals surface area contributed by atoms with Crippen molar-refractivity contribution in [3.05, 3.63) is 35.9 Å². The fraction of sp³-hybridized carbons (Fsp3) is 0.600. The van der Waals surface area contributed by atoms with E-state index in [0.29, 0.717) is 52.0 Å². The summed E-state index contributed by atoms with van der Waals surface area (Å²) >= 11 is 0. The summed E-state index contributed by atoms with van der Waals surface area (Å²) in [5.74, 6) is -1.02. The molecule has 3 heterocycles. The standard InChI is InChI=1S/C25H33N3O6/c1-33-13-12-28-22(30)15-20(24(32)34-2)25(28)8-10-26(11-9-25)23(31)17-27-16-19(14-21(27)29)18-6-4-3-5-7-18/h3-7,19-20H,8-17H2,1-2H3. The first kappa shape index (κ1) is 24.2. The Morgan fingerprint density at radius 3 is 2.38 bits per heavy atom. The van der Waals surface area contributed by atoms with E-state index < -0.39 is 11.5 Å². The van der Waals surface area contributed by atoms with Gasteiger partial charge in [-0.3, -0.25) is 19.2 Å². The minimum Gasteiger partial charge on any atom is -0.469 e. The number of carbonyl (C=O) groups excluding carboxylic acids is 4. The second-order valence-corrected chi connectivity index (χ2v) is 9.39. The maximum atomic E-state index is 13.1. The lowest BCUT2D eigenvalue weighted by Gasteiger charge is -2.47. The molecule has 0 aromatic heterocycles. The lowest BCUT2D eigenvalue weighted by molar-refractivity contribution is -0.151. The minimum absolute atomic E-state index is 0.00596. The maximum Gasteiger partial charge on any atom is 0.311 e. The number of benzene rings is 1. The average Bonchev–Trinajstić information content (AvgIpc) is 3.35. The van der Waals surface area contributed by atoms with Crippen LogP contribution < -0.4 is 0 Å². The van der Waals surface area contributed by atoms with Crippen molar-refractivity contribution in [2.75, 3.05) is 53.6 Å². The number of nitrogens with zero attached hydrogens (tertiary/aromatic N) is 3. The molecular formula is C25H33N3O6. The molecule has 0 N–H and O–H groups in total. The number of carbonyl (C=O) groups is 4. The number of methoxy groups -OCH3 is 2. The summed E-state index contributed by atoms with van der Waals surface area (Å²) in [6.45, 7) is 2.22. The van der Waals surface area contributed by atoms with Crippen LogP contribution in [0.5, 0.6) is 0 Å². The Kier molecular flexibility index (Phi) is 7.21. The zero-order valence-electron chi connectivity index (χ0n) is 19.9. The highest BCUT2D eigenvalue weighted by Gasteiger charge is 2.57. The van der Waals surface area contributed by atoms with Gasteiger partial charge in [0.1, 0.15) is 0 Å². The van der Waals surface area contributed by atoms with E-state index >= 15 is 0 Å². The minimum atomic E-state index is -0.665. The predicted molar refractivity (Wildman–Crippen MR) is 123 cm³/mol. The molecule has 0 radical (unpaired) electrons. The van der Waals surface area contributed by atoms with Crippen LogP contribution in [-0.2, 0) is 28.7 Å².